The lowest BCUT2D eigenvalue weighted by molar-refractivity contribution is 0.475. The smallest absolute Gasteiger partial charge is 0.168 e. The molecule has 4 N–H and O–H groups in total. The number of rotatable bonds is 1. The van der Waals surface area contributed by atoms with Crippen molar-refractivity contribution in [3.05, 3.63) is 23.8 Å². The SMILES string of the molecule is N#Cc1cc(O)cc(NC(N)=S)c1. The van der Waals surface area contributed by atoms with Crippen molar-refractivity contribution in [1.29, 1.82) is 5.26 Å². The Kier molecular flexibility index (Phi) is 2.67. The fraction of sp³-hybridized carbons (Fsp3) is 0. The molecule has 5 heteroatoms. The van der Waals surface area contributed by atoms with E-state index in [4.69, 9.17) is 16.1 Å². The monoisotopic (exact) mass is 193 g/mol. The van der Waals surface area contributed by atoms with Crippen molar-refractivity contribution in [3.8, 4) is 11.8 Å². The van der Waals surface area contributed by atoms with Crippen LogP contribution in [0.4, 0.5) is 5.69 Å². The van der Waals surface area contributed by atoms with Gasteiger partial charge in [0.15, 0.2) is 5.11 Å². The number of nitrogens with one attached hydrogen (secondary N) is 1. The van der Waals surface area contributed by atoms with E-state index in [9.17, 15) is 0 Å². The number of hydrogen-bond donors (Lipinski definition) is 3. The summed E-state index contributed by atoms with van der Waals surface area (Å²) in [6.07, 6.45) is 0. The molecular weight excluding hydrogens is 186 g/mol. The molecule has 66 valence electrons. The van der Waals surface area contributed by atoms with Crippen LogP contribution in [0.2, 0.25) is 0 Å². The van der Waals surface area contributed by atoms with Crippen molar-refractivity contribution in [1.82, 2.24) is 0 Å². The van der Waals surface area contributed by atoms with Gasteiger partial charge in [0.25, 0.3) is 0 Å². The first-order valence-electron chi connectivity index (χ1n) is 3.42. The van der Waals surface area contributed by atoms with Gasteiger partial charge in [0.1, 0.15) is 5.75 Å². The summed E-state index contributed by atoms with van der Waals surface area (Å²) in [5.74, 6) is -0.00204. The van der Waals surface area contributed by atoms with Crippen LogP contribution in [0.5, 0.6) is 5.75 Å². The van der Waals surface area contributed by atoms with Crippen LogP contribution in [-0.4, -0.2) is 10.2 Å². The Bertz CT molecular complexity index is 383. The minimum Gasteiger partial charge on any atom is -0.508 e. The minimum absolute atomic E-state index is 0.00204. The highest BCUT2D eigenvalue weighted by Crippen LogP contribution is 2.18. The first-order valence-corrected chi connectivity index (χ1v) is 3.83. The number of anilines is 1. The number of nitriles is 1. The predicted molar refractivity (Wildman–Crippen MR) is 53.2 cm³/mol. The minimum atomic E-state index is -0.00204. The van der Waals surface area contributed by atoms with E-state index in [0.717, 1.165) is 0 Å². The summed E-state index contributed by atoms with van der Waals surface area (Å²) in [6, 6.07) is 6.22. The molecule has 0 aliphatic carbocycles. The van der Waals surface area contributed by atoms with Gasteiger partial charge in [-0.3, -0.25) is 0 Å². The molecule has 1 aromatic rings. The van der Waals surface area contributed by atoms with Gasteiger partial charge in [-0.15, -0.1) is 0 Å². The summed E-state index contributed by atoms with van der Waals surface area (Å²) in [5.41, 5.74) is 6.07. The average Bonchev–Trinajstić information content (AvgIpc) is 2.01. The predicted octanol–water partition coefficient (Wildman–Crippen LogP) is 0.919. The number of nitrogens with two attached hydrogens (primary N) is 1. The van der Waals surface area contributed by atoms with E-state index in [-0.39, 0.29) is 10.9 Å². The second kappa shape index (κ2) is 3.74. The molecule has 1 aromatic carbocycles. The molecule has 4 nitrogen and oxygen atoms in total. The molecule has 0 saturated carbocycles. The average molecular weight is 193 g/mol. The van der Waals surface area contributed by atoms with E-state index in [2.05, 4.69) is 17.5 Å². The van der Waals surface area contributed by atoms with Crippen LogP contribution in [0.1, 0.15) is 5.56 Å². The molecule has 0 bridgehead atoms. The number of phenolic OH excluding ortho intramolecular Hbond substituents is 1. The van der Waals surface area contributed by atoms with Gasteiger partial charge >= 0.3 is 0 Å². The Morgan fingerprint density at radius 3 is 2.77 bits per heavy atom. The van der Waals surface area contributed by atoms with Gasteiger partial charge in [-0.25, -0.2) is 0 Å². The van der Waals surface area contributed by atoms with Gasteiger partial charge in [-0.05, 0) is 24.4 Å². The van der Waals surface area contributed by atoms with Gasteiger partial charge in [0.05, 0.1) is 11.6 Å². The third-order valence-electron chi connectivity index (χ3n) is 1.31. The van der Waals surface area contributed by atoms with Crippen LogP contribution in [-0.2, 0) is 0 Å². The molecule has 0 fully saturated rings. The zero-order chi connectivity index (χ0) is 9.84. The fourth-order valence-corrected chi connectivity index (χ4v) is 1.01. The Morgan fingerprint density at radius 2 is 2.23 bits per heavy atom. The largest absolute Gasteiger partial charge is 0.508 e. The number of nitrogens with zero attached hydrogens (tertiary/aromatic N) is 1. The molecule has 0 atom stereocenters. The topological polar surface area (TPSA) is 82.1 Å². The molecule has 0 unspecified atom stereocenters. The lowest BCUT2D eigenvalue weighted by Gasteiger charge is -2.04. The lowest BCUT2D eigenvalue weighted by atomic mass is 10.2. The molecule has 0 spiro atoms. The van der Waals surface area contributed by atoms with Crippen LogP contribution >= 0.6 is 12.2 Å². The number of benzene rings is 1. The third kappa shape index (κ3) is 2.61. The molecule has 0 amide bonds. The molecule has 0 aliphatic rings. The first-order chi connectivity index (χ1) is 6.11. The van der Waals surface area contributed by atoms with E-state index in [0.29, 0.717) is 11.3 Å². The molecule has 13 heavy (non-hydrogen) atoms. The summed E-state index contributed by atoms with van der Waals surface area (Å²) >= 11 is 4.60. The molecule has 0 radical (unpaired) electrons. The molecule has 0 aliphatic heterocycles. The fourth-order valence-electron chi connectivity index (χ4n) is 0.890. The van der Waals surface area contributed by atoms with Crippen molar-refractivity contribution in [3.63, 3.8) is 0 Å². The third-order valence-corrected chi connectivity index (χ3v) is 1.42. The van der Waals surface area contributed by atoms with Crippen LogP contribution < -0.4 is 11.1 Å². The zero-order valence-electron chi connectivity index (χ0n) is 6.61. The van der Waals surface area contributed by atoms with E-state index in [1.807, 2.05) is 6.07 Å². The summed E-state index contributed by atoms with van der Waals surface area (Å²) in [6.45, 7) is 0. The Balaban J connectivity index is 3.03. The second-order valence-corrected chi connectivity index (χ2v) is 2.81. The number of hydrogen-bond acceptors (Lipinski definition) is 3. The highest BCUT2D eigenvalue weighted by Gasteiger charge is 1.99. The van der Waals surface area contributed by atoms with Gasteiger partial charge in [-0.2, -0.15) is 5.26 Å². The van der Waals surface area contributed by atoms with Gasteiger partial charge in [-0.1, -0.05) is 0 Å². The summed E-state index contributed by atoms with van der Waals surface area (Å²) in [4.78, 5) is 0. The van der Waals surface area contributed by atoms with Crippen molar-refractivity contribution in [2.24, 2.45) is 5.73 Å². The normalized spacial score (nSPS) is 8.85. The molecule has 0 saturated heterocycles. The van der Waals surface area contributed by atoms with Crippen LogP contribution in [0.25, 0.3) is 0 Å². The van der Waals surface area contributed by atoms with E-state index in [1.165, 1.54) is 12.1 Å². The van der Waals surface area contributed by atoms with E-state index in [1.54, 1.807) is 6.07 Å². The van der Waals surface area contributed by atoms with Crippen LogP contribution in [0.15, 0.2) is 18.2 Å². The zero-order valence-corrected chi connectivity index (χ0v) is 7.43. The van der Waals surface area contributed by atoms with Crippen LogP contribution in [0, 0.1) is 11.3 Å². The summed E-state index contributed by atoms with van der Waals surface area (Å²) in [7, 11) is 0. The van der Waals surface area contributed by atoms with Crippen molar-refractivity contribution >= 4 is 23.0 Å². The lowest BCUT2D eigenvalue weighted by Crippen LogP contribution is -2.18. The Hall–Kier alpha value is -1.80. The second-order valence-electron chi connectivity index (χ2n) is 2.37. The highest BCUT2D eigenvalue weighted by atomic mass is 32.1. The number of aromatic hydroxyl groups is 1. The Labute approximate surface area is 80.6 Å². The summed E-state index contributed by atoms with van der Waals surface area (Å²) in [5, 5.41) is 20.4. The maximum atomic E-state index is 9.16. The van der Waals surface area contributed by atoms with Crippen molar-refractivity contribution < 1.29 is 5.11 Å². The van der Waals surface area contributed by atoms with Gasteiger partial charge in [0, 0.05) is 11.8 Å². The van der Waals surface area contributed by atoms with Crippen LogP contribution in [0.3, 0.4) is 0 Å². The molecule has 0 aromatic heterocycles. The standard InChI is InChI=1S/C8H7N3OS/c9-4-5-1-6(11-8(10)13)3-7(12)2-5/h1-3,12H,(H3,10,11,13). The van der Waals surface area contributed by atoms with Crippen molar-refractivity contribution in [2.75, 3.05) is 5.32 Å². The molecule has 0 heterocycles. The maximum absolute atomic E-state index is 9.16. The molecule has 1 rings (SSSR count). The van der Waals surface area contributed by atoms with Gasteiger partial charge in [0.2, 0.25) is 0 Å². The Morgan fingerprint density at radius 1 is 1.54 bits per heavy atom. The molecular formula is C8H7N3OS. The maximum Gasteiger partial charge on any atom is 0.168 e. The number of thiocarbonyl (C=S) groups is 1. The van der Waals surface area contributed by atoms with E-state index >= 15 is 0 Å². The highest BCUT2D eigenvalue weighted by molar-refractivity contribution is 7.80. The van der Waals surface area contributed by atoms with Gasteiger partial charge < -0.3 is 16.2 Å². The quantitative estimate of drug-likeness (QED) is 0.578. The summed E-state index contributed by atoms with van der Waals surface area (Å²) < 4.78 is 0. The first kappa shape index (κ1) is 9.29. The van der Waals surface area contributed by atoms with Crippen molar-refractivity contribution in [2.45, 2.75) is 0 Å². The van der Waals surface area contributed by atoms with E-state index < -0.39 is 0 Å². The number of phenols is 1.